The molecular formula is C19H17BrN4O3S. The van der Waals surface area contributed by atoms with Crippen molar-refractivity contribution in [3.63, 3.8) is 0 Å². The Kier molecular flexibility index (Phi) is 8.04. The molecule has 0 saturated heterocycles. The number of hydrogen-bond acceptors (Lipinski definition) is 5. The fourth-order valence-electron chi connectivity index (χ4n) is 2.47. The number of rotatable bonds is 6. The molecule has 0 radical (unpaired) electrons. The zero-order chi connectivity index (χ0) is 20.5. The molecular weight excluding hydrogens is 444 g/mol. The maximum atomic E-state index is 9.54. The smallest absolute Gasteiger partial charge is 0.322 e. The zero-order valence-corrected chi connectivity index (χ0v) is 17.3. The number of hydrogen-bond donors (Lipinski definition) is 2. The number of aliphatic carboxylic acids is 1. The highest BCUT2D eigenvalue weighted by molar-refractivity contribution is 9.10. The summed E-state index contributed by atoms with van der Waals surface area (Å²) < 4.78 is 2.99. The lowest BCUT2D eigenvalue weighted by molar-refractivity contribution is -0.136. The third-order valence-corrected chi connectivity index (χ3v) is 4.95. The van der Waals surface area contributed by atoms with Gasteiger partial charge in [0.25, 0.3) is 0 Å². The van der Waals surface area contributed by atoms with E-state index < -0.39 is 5.97 Å². The van der Waals surface area contributed by atoms with E-state index in [0.717, 1.165) is 32.0 Å². The monoisotopic (exact) mass is 460 g/mol. The summed E-state index contributed by atoms with van der Waals surface area (Å²) in [4.78, 5) is 23.3. The molecule has 1 amide bonds. The molecule has 7 nitrogen and oxygen atoms in total. The Morgan fingerprint density at radius 3 is 2.64 bits per heavy atom. The van der Waals surface area contributed by atoms with Crippen molar-refractivity contribution in [2.45, 2.75) is 12.1 Å². The SMILES string of the molecule is CCSc1ncc(Br)n1-c1ccc(C#N)c2ccccc12.O=CNCC(=O)O. The van der Waals surface area contributed by atoms with Crippen LogP contribution in [0.3, 0.4) is 0 Å². The maximum absolute atomic E-state index is 9.54. The van der Waals surface area contributed by atoms with E-state index in [9.17, 15) is 14.9 Å². The highest BCUT2D eigenvalue weighted by atomic mass is 79.9. The summed E-state index contributed by atoms with van der Waals surface area (Å²) in [5.74, 6) is -0.0791. The van der Waals surface area contributed by atoms with Gasteiger partial charge in [0.1, 0.15) is 11.1 Å². The molecule has 3 aromatic rings. The van der Waals surface area contributed by atoms with Gasteiger partial charge in [-0.25, -0.2) is 4.98 Å². The summed E-state index contributed by atoms with van der Waals surface area (Å²) in [5, 5.41) is 22.0. The van der Waals surface area contributed by atoms with Crippen molar-refractivity contribution in [1.29, 1.82) is 5.26 Å². The molecule has 0 spiro atoms. The summed E-state index contributed by atoms with van der Waals surface area (Å²) in [6.07, 6.45) is 2.15. The Bertz CT molecular complexity index is 1030. The van der Waals surface area contributed by atoms with Crippen LogP contribution in [0, 0.1) is 11.3 Å². The van der Waals surface area contributed by atoms with Gasteiger partial charge in [-0.05, 0) is 33.8 Å². The number of carbonyl (C=O) groups is 2. The van der Waals surface area contributed by atoms with Gasteiger partial charge < -0.3 is 10.4 Å². The van der Waals surface area contributed by atoms with Crippen LogP contribution in [0.2, 0.25) is 0 Å². The number of nitrogens with one attached hydrogen (secondary N) is 1. The Morgan fingerprint density at radius 1 is 1.36 bits per heavy atom. The van der Waals surface area contributed by atoms with Crippen molar-refractivity contribution in [3.05, 3.63) is 52.8 Å². The predicted octanol–water partition coefficient (Wildman–Crippen LogP) is 3.59. The zero-order valence-electron chi connectivity index (χ0n) is 14.9. The van der Waals surface area contributed by atoms with E-state index in [1.165, 1.54) is 0 Å². The molecule has 144 valence electrons. The standard InChI is InChI=1S/C16H12BrN3S.C3H5NO3/c1-2-21-16-19-10-15(17)20(16)14-8-7-11(9-18)12-5-3-4-6-13(12)14;5-2-4-1-3(6)7/h3-8,10H,2H2,1H3;2H,1H2,(H,4,5)(H,6,7). The normalized spacial score (nSPS) is 9.89. The van der Waals surface area contributed by atoms with Crippen LogP contribution in [0.15, 0.2) is 52.4 Å². The maximum Gasteiger partial charge on any atom is 0.322 e. The van der Waals surface area contributed by atoms with Gasteiger partial charge in [0, 0.05) is 10.8 Å². The van der Waals surface area contributed by atoms with Crippen LogP contribution in [0.4, 0.5) is 0 Å². The Balaban J connectivity index is 0.000000345. The van der Waals surface area contributed by atoms with E-state index in [4.69, 9.17) is 5.11 Å². The number of carboxylic acid groups (broad SMARTS) is 1. The first-order chi connectivity index (χ1) is 13.5. The van der Waals surface area contributed by atoms with E-state index >= 15 is 0 Å². The summed E-state index contributed by atoms with van der Waals surface area (Å²) in [6.45, 7) is 1.80. The number of aromatic nitrogens is 2. The minimum absolute atomic E-state index is 0.302. The van der Waals surface area contributed by atoms with Crippen molar-refractivity contribution in [3.8, 4) is 11.8 Å². The molecule has 28 heavy (non-hydrogen) atoms. The quantitative estimate of drug-likeness (QED) is 0.429. The van der Waals surface area contributed by atoms with Gasteiger partial charge in [-0.3, -0.25) is 14.2 Å². The number of thioether (sulfide) groups is 1. The molecule has 0 aliphatic carbocycles. The summed E-state index contributed by atoms with van der Waals surface area (Å²) >= 11 is 5.26. The van der Waals surface area contributed by atoms with Crippen LogP contribution in [0.1, 0.15) is 12.5 Å². The number of imidazole rings is 1. The van der Waals surface area contributed by atoms with E-state index in [1.54, 1.807) is 11.8 Å². The predicted molar refractivity (Wildman–Crippen MR) is 112 cm³/mol. The number of amides is 1. The van der Waals surface area contributed by atoms with Crippen molar-refractivity contribution in [1.82, 2.24) is 14.9 Å². The summed E-state index contributed by atoms with van der Waals surface area (Å²) in [6, 6.07) is 14.1. The molecule has 2 aromatic carbocycles. The van der Waals surface area contributed by atoms with Crippen LogP contribution < -0.4 is 5.32 Å². The first-order valence-corrected chi connectivity index (χ1v) is 9.98. The Morgan fingerprint density at radius 2 is 2.07 bits per heavy atom. The molecule has 1 heterocycles. The lowest BCUT2D eigenvalue weighted by Gasteiger charge is -2.12. The van der Waals surface area contributed by atoms with Crippen LogP contribution >= 0.6 is 27.7 Å². The van der Waals surface area contributed by atoms with E-state index in [1.807, 2.05) is 47.9 Å². The van der Waals surface area contributed by atoms with Crippen LogP contribution in [-0.4, -0.2) is 39.3 Å². The first-order valence-electron chi connectivity index (χ1n) is 8.20. The molecule has 0 atom stereocenters. The molecule has 0 aliphatic heterocycles. The number of halogens is 1. The number of benzene rings is 2. The second-order valence-electron chi connectivity index (χ2n) is 5.31. The third-order valence-electron chi connectivity index (χ3n) is 3.56. The van der Waals surface area contributed by atoms with Crippen molar-refractivity contribution in [2.24, 2.45) is 0 Å². The average molecular weight is 461 g/mol. The Hall–Kier alpha value is -2.83. The summed E-state index contributed by atoms with van der Waals surface area (Å²) in [5.41, 5.74) is 1.72. The van der Waals surface area contributed by atoms with Crippen LogP contribution in [0.25, 0.3) is 16.5 Å². The fourth-order valence-corrected chi connectivity index (χ4v) is 3.76. The highest BCUT2D eigenvalue weighted by Gasteiger charge is 2.14. The molecule has 3 rings (SSSR count). The second kappa shape index (κ2) is 10.5. The van der Waals surface area contributed by atoms with E-state index in [2.05, 4.69) is 38.5 Å². The topological polar surface area (TPSA) is 108 Å². The number of carboxylic acids is 1. The highest BCUT2D eigenvalue weighted by Crippen LogP contribution is 2.32. The van der Waals surface area contributed by atoms with Crippen LogP contribution in [-0.2, 0) is 9.59 Å². The molecule has 2 N–H and O–H groups in total. The number of nitriles is 1. The van der Waals surface area contributed by atoms with Gasteiger partial charge in [0.15, 0.2) is 5.16 Å². The van der Waals surface area contributed by atoms with Gasteiger partial charge in [0.2, 0.25) is 6.41 Å². The van der Waals surface area contributed by atoms with Crippen molar-refractivity contribution >= 4 is 50.8 Å². The lowest BCUT2D eigenvalue weighted by Crippen LogP contribution is -2.20. The average Bonchev–Trinajstić information content (AvgIpc) is 3.06. The molecule has 0 bridgehead atoms. The minimum atomic E-state index is -1.04. The van der Waals surface area contributed by atoms with Gasteiger partial charge in [0.05, 0.1) is 23.5 Å². The molecule has 9 heteroatoms. The Labute approximate surface area is 174 Å². The lowest BCUT2D eigenvalue weighted by atomic mass is 10.0. The first kappa shape index (κ1) is 21.5. The van der Waals surface area contributed by atoms with Gasteiger partial charge in [-0.2, -0.15) is 5.26 Å². The van der Waals surface area contributed by atoms with Gasteiger partial charge >= 0.3 is 5.97 Å². The second-order valence-corrected chi connectivity index (χ2v) is 7.36. The largest absolute Gasteiger partial charge is 0.480 e. The van der Waals surface area contributed by atoms with E-state index in [0.29, 0.717) is 12.0 Å². The fraction of sp³-hybridized carbons (Fsp3) is 0.158. The molecule has 1 aromatic heterocycles. The summed E-state index contributed by atoms with van der Waals surface area (Å²) in [7, 11) is 0. The molecule has 0 unspecified atom stereocenters. The van der Waals surface area contributed by atoms with Crippen LogP contribution in [0.5, 0.6) is 0 Å². The van der Waals surface area contributed by atoms with Gasteiger partial charge in [-0.15, -0.1) is 0 Å². The minimum Gasteiger partial charge on any atom is -0.480 e. The molecule has 0 aliphatic rings. The van der Waals surface area contributed by atoms with Gasteiger partial charge in [-0.1, -0.05) is 43.0 Å². The molecule has 0 saturated carbocycles. The third kappa shape index (κ3) is 5.12. The van der Waals surface area contributed by atoms with Crippen molar-refractivity contribution in [2.75, 3.05) is 12.3 Å². The van der Waals surface area contributed by atoms with E-state index in [-0.39, 0.29) is 6.54 Å². The number of nitrogens with zero attached hydrogens (tertiary/aromatic N) is 3. The van der Waals surface area contributed by atoms with Crippen molar-refractivity contribution < 1.29 is 14.7 Å². The number of fused-ring (bicyclic) bond motifs is 1. The molecule has 0 fully saturated rings. The number of carbonyl (C=O) groups excluding carboxylic acids is 1.